The van der Waals surface area contributed by atoms with E-state index in [1.54, 1.807) is 24.3 Å². The zero-order valence-electron chi connectivity index (χ0n) is 14.7. The van der Waals surface area contributed by atoms with Crippen LogP contribution < -0.4 is 4.74 Å². The molecule has 0 bridgehead atoms. The first kappa shape index (κ1) is 18.8. The number of cyclic esters (lactones) is 1. The van der Waals surface area contributed by atoms with Crippen molar-refractivity contribution in [3.05, 3.63) is 75.5 Å². The molecule has 0 fully saturated rings. The van der Waals surface area contributed by atoms with E-state index in [9.17, 15) is 19.7 Å². The fourth-order valence-corrected chi connectivity index (χ4v) is 2.28. The molecule has 0 unspecified atom stereocenters. The number of hydrogen-bond donors (Lipinski definition) is 0. The standard InChI is InChI=1S/C19H14N2O7/c1-26-17(22)11-27-15-8-2-12(3-9-15)10-16-19(23)28-18(20-16)13-4-6-14(7-5-13)21(24)25/h2-10H,11H2,1H3/b16-10-. The molecule has 1 heterocycles. The lowest BCUT2D eigenvalue weighted by molar-refractivity contribution is -0.384. The van der Waals surface area contributed by atoms with Gasteiger partial charge >= 0.3 is 11.9 Å². The number of methoxy groups -OCH3 is 1. The van der Waals surface area contributed by atoms with Crippen molar-refractivity contribution in [1.29, 1.82) is 0 Å². The molecule has 9 nitrogen and oxygen atoms in total. The maximum absolute atomic E-state index is 12.0. The molecule has 0 amide bonds. The average Bonchev–Trinajstić information content (AvgIpc) is 3.07. The molecule has 28 heavy (non-hydrogen) atoms. The molecular weight excluding hydrogens is 368 g/mol. The molecule has 142 valence electrons. The van der Waals surface area contributed by atoms with Gasteiger partial charge in [0.15, 0.2) is 12.3 Å². The van der Waals surface area contributed by atoms with Crippen molar-refractivity contribution >= 4 is 29.6 Å². The van der Waals surface area contributed by atoms with Crippen LogP contribution in [-0.4, -0.2) is 36.5 Å². The number of nitro benzene ring substituents is 1. The van der Waals surface area contributed by atoms with Crippen LogP contribution in [0.3, 0.4) is 0 Å². The third-order valence-electron chi connectivity index (χ3n) is 3.71. The van der Waals surface area contributed by atoms with Gasteiger partial charge in [-0.05, 0) is 35.9 Å². The number of benzene rings is 2. The van der Waals surface area contributed by atoms with Gasteiger partial charge in [0.1, 0.15) is 5.75 Å². The summed E-state index contributed by atoms with van der Waals surface area (Å²) in [7, 11) is 1.27. The van der Waals surface area contributed by atoms with E-state index in [0.717, 1.165) is 0 Å². The number of hydrogen-bond acceptors (Lipinski definition) is 8. The van der Waals surface area contributed by atoms with Crippen molar-refractivity contribution in [2.75, 3.05) is 13.7 Å². The third-order valence-corrected chi connectivity index (χ3v) is 3.71. The van der Waals surface area contributed by atoms with Gasteiger partial charge in [-0.1, -0.05) is 12.1 Å². The highest BCUT2D eigenvalue weighted by atomic mass is 16.6. The molecule has 0 aromatic heterocycles. The number of nitrogens with zero attached hydrogens (tertiary/aromatic N) is 2. The number of carbonyl (C=O) groups excluding carboxylic acids is 2. The topological polar surface area (TPSA) is 117 Å². The van der Waals surface area contributed by atoms with Gasteiger partial charge in [-0.2, -0.15) is 0 Å². The van der Waals surface area contributed by atoms with Crippen LogP contribution in [0.25, 0.3) is 6.08 Å². The molecule has 2 aromatic rings. The van der Waals surface area contributed by atoms with Crippen molar-refractivity contribution in [3.8, 4) is 5.75 Å². The molecule has 0 N–H and O–H groups in total. The van der Waals surface area contributed by atoms with Crippen molar-refractivity contribution in [1.82, 2.24) is 0 Å². The molecule has 1 aliphatic rings. The Morgan fingerprint density at radius 3 is 2.46 bits per heavy atom. The molecule has 0 aliphatic carbocycles. The predicted octanol–water partition coefficient (Wildman–Crippen LogP) is 2.49. The van der Waals surface area contributed by atoms with E-state index in [2.05, 4.69) is 9.73 Å². The summed E-state index contributed by atoms with van der Waals surface area (Å²) in [6.45, 7) is -0.202. The van der Waals surface area contributed by atoms with E-state index in [4.69, 9.17) is 9.47 Å². The van der Waals surface area contributed by atoms with Crippen LogP contribution in [0.4, 0.5) is 5.69 Å². The Balaban J connectivity index is 1.73. The van der Waals surface area contributed by atoms with E-state index in [-0.39, 0.29) is 23.9 Å². The molecule has 0 saturated heterocycles. The van der Waals surface area contributed by atoms with Crippen molar-refractivity contribution in [2.45, 2.75) is 0 Å². The lowest BCUT2D eigenvalue weighted by Gasteiger charge is -2.04. The summed E-state index contributed by atoms with van der Waals surface area (Å²) in [5, 5.41) is 10.7. The Morgan fingerprint density at radius 2 is 1.86 bits per heavy atom. The highest BCUT2D eigenvalue weighted by molar-refractivity contribution is 6.12. The molecule has 9 heteroatoms. The first-order valence-electron chi connectivity index (χ1n) is 8.03. The van der Waals surface area contributed by atoms with Crippen LogP contribution in [0.5, 0.6) is 5.75 Å². The van der Waals surface area contributed by atoms with Gasteiger partial charge in [0.2, 0.25) is 5.90 Å². The highest BCUT2D eigenvalue weighted by Gasteiger charge is 2.24. The average molecular weight is 382 g/mol. The minimum absolute atomic E-state index is 0.0704. The number of esters is 2. The Hall–Kier alpha value is -4.01. The quantitative estimate of drug-likeness (QED) is 0.326. The smallest absolute Gasteiger partial charge is 0.363 e. The molecule has 3 rings (SSSR count). The lowest BCUT2D eigenvalue weighted by Crippen LogP contribution is -2.12. The third kappa shape index (κ3) is 4.39. The summed E-state index contributed by atoms with van der Waals surface area (Å²) in [4.78, 5) is 37.4. The second kappa shape index (κ2) is 8.12. The zero-order valence-corrected chi connectivity index (χ0v) is 14.7. The van der Waals surface area contributed by atoms with Gasteiger partial charge < -0.3 is 14.2 Å². The molecule has 0 atom stereocenters. The number of non-ortho nitro benzene ring substituents is 1. The van der Waals surface area contributed by atoms with Gasteiger partial charge in [-0.15, -0.1) is 0 Å². The van der Waals surface area contributed by atoms with Gasteiger partial charge in [-0.3, -0.25) is 10.1 Å². The normalized spacial score (nSPS) is 14.4. The van der Waals surface area contributed by atoms with Gasteiger partial charge in [0.25, 0.3) is 5.69 Å². The Morgan fingerprint density at radius 1 is 1.18 bits per heavy atom. The van der Waals surface area contributed by atoms with Crippen molar-refractivity contribution < 1.29 is 28.7 Å². The van der Waals surface area contributed by atoms with Gasteiger partial charge in [-0.25, -0.2) is 14.6 Å². The van der Waals surface area contributed by atoms with Crippen molar-refractivity contribution in [3.63, 3.8) is 0 Å². The number of nitro groups is 1. The molecule has 1 aliphatic heterocycles. The zero-order chi connectivity index (χ0) is 20.1. The van der Waals surface area contributed by atoms with Crippen LogP contribution in [-0.2, 0) is 19.1 Å². The summed E-state index contributed by atoms with van der Waals surface area (Å²) < 4.78 is 14.9. The molecular formula is C19H14N2O7. The Labute approximate surface area is 159 Å². The summed E-state index contributed by atoms with van der Waals surface area (Å²) in [6, 6.07) is 12.2. The van der Waals surface area contributed by atoms with E-state index < -0.39 is 16.9 Å². The summed E-state index contributed by atoms with van der Waals surface area (Å²) in [6.07, 6.45) is 1.53. The van der Waals surface area contributed by atoms with E-state index in [1.807, 2.05) is 0 Å². The summed E-state index contributed by atoms with van der Waals surface area (Å²) in [5.41, 5.74) is 1.15. The first-order chi connectivity index (χ1) is 13.5. The monoisotopic (exact) mass is 382 g/mol. The number of rotatable bonds is 6. The van der Waals surface area contributed by atoms with Gasteiger partial charge in [0.05, 0.1) is 12.0 Å². The SMILES string of the molecule is COC(=O)COc1ccc(/C=C2\N=C(c3ccc([N+](=O)[O-])cc3)OC2=O)cc1. The van der Waals surface area contributed by atoms with Crippen LogP contribution in [0.2, 0.25) is 0 Å². The second-order valence-corrected chi connectivity index (χ2v) is 5.57. The summed E-state index contributed by atoms with van der Waals surface area (Å²) in [5.74, 6) is -0.576. The highest BCUT2D eigenvalue weighted by Crippen LogP contribution is 2.22. The second-order valence-electron chi connectivity index (χ2n) is 5.57. The fourth-order valence-electron chi connectivity index (χ4n) is 2.28. The number of aliphatic imine (C=N–C) groups is 1. The summed E-state index contributed by atoms with van der Waals surface area (Å²) >= 11 is 0. The van der Waals surface area contributed by atoms with Crippen LogP contribution in [0, 0.1) is 10.1 Å². The largest absolute Gasteiger partial charge is 0.482 e. The van der Waals surface area contributed by atoms with Crippen LogP contribution >= 0.6 is 0 Å². The Bertz CT molecular complexity index is 976. The Kier molecular flexibility index (Phi) is 5.45. The molecule has 2 aromatic carbocycles. The minimum Gasteiger partial charge on any atom is -0.482 e. The van der Waals surface area contributed by atoms with E-state index in [1.165, 1.54) is 37.5 Å². The lowest BCUT2D eigenvalue weighted by atomic mass is 10.2. The van der Waals surface area contributed by atoms with Crippen LogP contribution in [0.15, 0.2) is 59.2 Å². The van der Waals surface area contributed by atoms with Crippen LogP contribution in [0.1, 0.15) is 11.1 Å². The van der Waals surface area contributed by atoms with E-state index in [0.29, 0.717) is 16.9 Å². The first-order valence-corrected chi connectivity index (χ1v) is 8.03. The molecule has 0 radical (unpaired) electrons. The van der Waals surface area contributed by atoms with E-state index >= 15 is 0 Å². The maximum Gasteiger partial charge on any atom is 0.363 e. The molecule has 0 saturated carbocycles. The predicted molar refractivity (Wildman–Crippen MR) is 97.7 cm³/mol. The molecule has 0 spiro atoms. The number of ether oxygens (including phenoxy) is 3. The van der Waals surface area contributed by atoms with Gasteiger partial charge in [0, 0.05) is 17.7 Å². The maximum atomic E-state index is 12.0. The fraction of sp³-hybridized carbons (Fsp3) is 0.105. The number of carbonyl (C=O) groups is 2. The minimum atomic E-state index is -0.626. The van der Waals surface area contributed by atoms with Crippen molar-refractivity contribution in [2.24, 2.45) is 4.99 Å².